The van der Waals surface area contributed by atoms with Gasteiger partial charge in [-0.05, 0) is 20.8 Å². The molecule has 5 heteroatoms. The van der Waals surface area contributed by atoms with E-state index in [0.717, 1.165) is 0 Å². The van der Waals surface area contributed by atoms with Crippen LogP contribution in [0.1, 0.15) is 33.6 Å². The van der Waals surface area contributed by atoms with E-state index in [-0.39, 0.29) is 25.4 Å². The first-order chi connectivity index (χ1) is 6.74. The Hall–Kier alpha value is -0.840. The quantitative estimate of drug-likeness (QED) is 0.735. The molecule has 1 aliphatic carbocycles. The Kier molecular flexibility index (Phi) is 3.23. The van der Waals surface area contributed by atoms with E-state index < -0.39 is 17.4 Å². The van der Waals surface area contributed by atoms with Crippen LogP contribution in [-0.4, -0.2) is 29.9 Å². The SMILES string of the molecule is CC(C)(C)OC(=O)NC1CC(F)(CN)C1. The fourth-order valence-corrected chi connectivity index (χ4v) is 1.57. The van der Waals surface area contributed by atoms with Crippen LogP contribution < -0.4 is 11.1 Å². The number of hydrogen-bond donors (Lipinski definition) is 2. The van der Waals surface area contributed by atoms with Gasteiger partial charge in [-0.25, -0.2) is 9.18 Å². The van der Waals surface area contributed by atoms with Crippen molar-refractivity contribution in [3.8, 4) is 0 Å². The molecule has 1 rings (SSSR count). The van der Waals surface area contributed by atoms with E-state index in [1.54, 1.807) is 20.8 Å². The molecule has 0 aliphatic heterocycles. The zero-order chi connectivity index (χ0) is 11.7. The Morgan fingerprint density at radius 2 is 2.13 bits per heavy atom. The van der Waals surface area contributed by atoms with Crippen molar-refractivity contribution in [1.82, 2.24) is 5.32 Å². The predicted octanol–water partition coefficient (Wildman–Crippen LogP) is 1.34. The molecule has 0 bridgehead atoms. The van der Waals surface area contributed by atoms with E-state index in [1.165, 1.54) is 0 Å². The highest BCUT2D eigenvalue weighted by Crippen LogP contribution is 2.35. The minimum Gasteiger partial charge on any atom is -0.444 e. The van der Waals surface area contributed by atoms with E-state index in [4.69, 9.17) is 10.5 Å². The van der Waals surface area contributed by atoms with Crippen molar-refractivity contribution in [1.29, 1.82) is 0 Å². The van der Waals surface area contributed by atoms with Crippen LogP contribution in [-0.2, 0) is 4.74 Å². The molecule has 3 N–H and O–H groups in total. The number of alkyl carbamates (subject to hydrolysis) is 1. The Bertz CT molecular complexity index is 244. The van der Waals surface area contributed by atoms with Gasteiger partial charge in [-0.1, -0.05) is 0 Å². The first-order valence-electron chi connectivity index (χ1n) is 5.13. The van der Waals surface area contributed by atoms with Gasteiger partial charge in [-0.15, -0.1) is 0 Å². The normalized spacial score (nSPS) is 30.6. The molecule has 0 unspecified atom stereocenters. The minimum absolute atomic E-state index is 0.0134. The molecular formula is C10H19FN2O2. The summed E-state index contributed by atoms with van der Waals surface area (Å²) in [5.74, 6) is 0. The third-order valence-corrected chi connectivity index (χ3v) is 2.31. The van der Waals surface area contributed by atoms with Crippen molar-refractivity contribution in [2.75, 3.05) is 6.54 Å². The lowest BCUT2D eigenvalue weighted by atomic mass is 9.77. The second kappa shape index (κ2) is 3.96. The highest BCUT2D eigenvalue weighted by Gasteiger charge is 2.44. The van der Waals surface area contributed by atoms with Gasteiger partial charge in [0.05, 0.1) is 0 Å². The number of nitrogens with two attached hydrogens (primary N) is 1. The van der Waals surface area contributed by atoms with Crippen molar-refractivity contribution >= 4 is 6.09 Å². The van der Waals surface area contributed by atoms with Gasteiger partial charge in [-0.3, -0.25) is 0 Å². The molecule has 0 radical (unpaired) electrons. The summed E-state index contributed by atoms with van der Waals surface area (Å²) in [6.07, 6.45) is 0.0671. The van der Waals surface area contributed by atoms with Crippen molar-refractivity contribution in [2.45, 2.75) is 50.9 Å². The Labute approximate surface area is 89.3 Å². The first-order valence-corrected chi connectivity index (χ1v) is 5.13. The molecule has 15 heavy (non-hydrogen) atoms. The number of amides is 1. The summed E-state index contributed by atoms with van der Waals surface area (Å²) in [5, 5.41) is 2.61. The van der Waals surface area contributed by atoms with Crippen molar-refractivity contribution < 1.29 is 13.9 Å². The minimum atomic E-state index is -1.29. The van der Waals surface area contributed by atoms with E-state index in [1.807, 2.05) is 0 Å². The third kappa shape index (κ3) is 3.66. The maximum absolute atomic E-state index is 13.4. The molecule has 0 aromatic heterocycles. The highest BCUT2D eigenvalue weighted by atomic mass is 19.1. The molecule has 0 aromatic rings. The number of ether oxygens (including phenoxy) is 1. The number of nitrogens with one attached hydrogen (secondary N) is 1. The summed E-state index contributed by atoms with van der Waals surface area (Å²) in [5.41, 5.74) is 3.43. The largest absolute Gasteiger partial charge is 0.444 e. The molecule has 0 heterocycles. The average molecular weight is 218 g/mol. The summed E-state index contributed by atoms with van der Waals surface area (Å²) < 4.78 is 18.4. The molecular weight excluding hydrogens is 199 g/mol. The smallest absolute Gasteiger partial charge is 0.407 e. The highest BCUT2D eigenvalue weighted by molar-refractivity contribution is 5.68. The van der Waals surface area contributed by atoms with Gasteiger partial charge in [0.2, 0.25) is 0 Å². The molecule has 1 saturated carbocycles. The number of carbonyl (C=O) groups excluding carboxylic acids is 1. The summed E-state index contributed by atoms with van der Waals surface area (Å²) in [7, 11) is 0. The monoisotopic (exact) mass is 218 g/mol. The maximum Gasteiger partial charge on any atom is 0.407 e. The third-order valence-electron chi connectivity index (χ3n) is 2.31. The fourth-order valence-electron chi connectivity index (χ4n) is 1.57. The molecule has 0 spiro atoms. The second-order valence-corrected chi connectivity index (χ2v) is 5.11. The van der Waals surface area contributed by atoms with Crippen LogP contribution in [0, 0.1) is 0 Å². The number of alkyl halides is 1. The van der Waals surface area contributed by atoms with Crippen LogP contribution in [0.5, 0.6) is 0 Å². The zero-order valence-corrected chi connectivity index (χ0v) is 9.47. The van der Waals surface area contributed by atoms with Gasteiger partial charge in [0.25, 0.3) is 0 Å². The van der Waals surface area contributed by atoms with Crippen molar-refractivity contribution in [3.05, 3.63) is 0 Å². The molecule has 1 aliphatic rings. The topological polar surface area (TPSA) is 64.3 Å². The van der Waals surface area contributed by atoms with Gasteiger partial charge < -0.3 is 15.8 Å². The van der Waals surface area contributed by atoms with Crippen LogP contribution in [0.4, 0.5) is 9.18 Å². The number of carbonyl (C=O) groups is 1. The standard InChI is InChI=1S/C10H19FN2O2/c1-9(2,3)15-8(14)13-7-4-10(11,5-7)6-12/h7H,4-6,12H2,1-3H3,(H,13,14). The van der Waals surface area contributed by atoms with Gasteiger partial charge in [0.1, 0.15) is 11.3 Å². The molecule has 1 amide bonds. The Morgan fingerprint density at radius 3 is 2.53 bits per heavy atom. The molecule has 0 saturated heterocycles. The predicted molar refractivity (Wildman–Crippen MR) is 55.3 cm³/mol. The van der Waals surface area contributed by atoms with Crippen molar-refractivity contribution in [3.63, 3.8) is 0 Å². The second-order valence-electron chi connectivity index (χ2n) is 5.11. The number of rotatable bonds is 2. The van der Waals surface area contributed by atoms with Crippen LogP contribution in [0.25, 0.3) is 0 Å². The van der Waals surface area contributed by atoms with Crippen LogP contribution >= 0.6 is 0 Å². The number of halogens is 1. The zero-order valence-electron chi connectivity index (χ0n) is 9.47. The van der Waals surface area contributed by atoms with Gasteiger partial charge >= 0.3 is 6.09 Å². The molecule has 0 aromatic carbocycles. The van der Waals surface area contributed by atoms with Gasteiger partial charge in [0.15, 0.2) is 0 Å². The lowest BCUT2D eigenvalue weighted by molar-refractivity contribution is 0.0179. The summed E-state index contributed by atoms with van der Waals surface area (Å²) in [6, 6.07) is -0.145. The lowest BCUT2D eigenvalue weighted by Crippen LogP contribution is -2.56. The number of hydrogen-bond acceptors (Lipinski definition) is 3. The summed E-state index contributed by atoms with van der Waals surface area (Å²) in [4.78, 5) is 11.3. The van der Waals surface area contributed by atoms with E-state index >= 15 is 0 Å². The van der Waals surface area contributed by atoms with Crippen LogP contribution in [0.2, 0.25) is 0 Å². The first kappa shape index (κ1) is 12.2. The van der Waals surface area contributed by atoms with Crippen LogP contribution in [0.15, 0.2) is 0 Å². The van der Waals surface area contributed by atoms with E-state index in [2.05, 4.69) is 5.32 Å². The van der Waals surface area contributed by atoms with E-state index in [0.29, 0.717) is 0 Å². The average Bonchev–Trinajstić information content (AvgIpc) is 1.97. The lowest BCUT2D eigenvalue weighted by Gasteiger charge is -2.40. The fraction of sp³-hybridized carbons (Fsp3) is 0.900. The molecule has 0 atom stereocenters. The maximum atomic E-state index is 13.4. The van der Waals surface area contributed by atoms with Crippen molar-refractivity contribution in [2.24, 2.45) is 5.73 Å². The summed E-state index contributed by atoms with van der Waals surface area (Å²) in [6.45, 7) is 5.37. The summed E-state index contributed by atoms with van der Waals surface area (Å²) >= 11 is 0. The Balaban J connectivity index is 2.25. The molecule has 88 valence electrons. The molecule has 1 fully saturated rings. The van der Waals surface area contributed by atoms with Crippen LogP contribution in [0.3, 0.4) is 0 Å². The van der Waals surface area contributed by atoms with Gasteiger partial charge in [0, 0.05) is 25.4 Å². The van der Waals surface area contributed by atoms with E-state index in [9.17, 15) is 9.18 Å². The van der Waals surface area contributed by atoms with Gasteiger partial charge in [-0.2, -0.15) is 0 Å². The molecule has 4 nitrogen and oxygen atoms in total. The Morgan fingerprint density at radius 1 is 1.60 bits per heavy atom.